The van der Waals surface area contributed by atoms with E-state index in [1.54, 1.807) is 12.1 Å². The monoisotopic (exact) mass is 447 g/mol. The Bertz CT molecular complexity index is 879. The second-order valence-electron chi connectivity index (χ2n) is 8.73. The zero-order valence-electron chi connectivity index (χ0n) is 17.9. The van der Waals surface area contributed by atoms with E-state index in [0.29, 0.717) is 16.8 Å². The Morgan fingerprint density at radius 2 is 2.06 bits per heavy atom. The molecule has 0 aromatic heterocycles. The van der Waals surface area contributed by atoms with Crippen LogP contribution in [0.25, 0.3) is 0 Å². The van der Waals surface area contributed by atoms with E-state index in [-0.39, 0.29) is 30.4 Å². The third kappa shape index (κ3) is 4.56. The third-order valence-electron chi connectivity index (χ3n) is 6.63. The Balaban J connectivity index is 1.51. The van der Waals surface area contributed by atoms with Crippen molar-refractivity contribution in [3.8, 4) is 0 Å². The van der Waals surface area contributed by atoms with Crippen molar-refractivity contribution >= 4 is 35.0 Å². The molecule has 5 unspecified atom stereocenters. The summed E-state index contributed by atoms with van der Waals surface area (Å²) in [6.07, 6.45) is 3.36. The summed E-state index contributed by atoms with van der Waals surface area (Å²) in [5.41, 5.74) is 1.45. The molecule has 3 heterocycles. The summed E-state index contributed by atoms with van der Waals surface area (Å²) in [7, 11) is 0. The van der Waals surface area contributed by atoms with E-state index < -0.39 is 18.0 Å². The molecule has 5 atom stereocenters. The van der Waals surface area contributed by atoms with E-state index in [9.17, 15) is 14.4 Å². The van der Waals surface area contributed by atoms with E-state index in [0.717, 1.165) is 31.4 Å². The summed E-state index contributed by atoms with van der Waals surface area (Å²) in [6, 6.07) is 5.72. The van der Waals surface area contributed by atoms with Crippen LogP contribution in [0, 0.1) is 18.8 Å². The normalized spacial score (nSPS) is 31.4. The van der Waals surface area contributed by atoms with Gasteiger partial charge < -0.3 is 16.0 Å². The van der Waals surface area contributed by atoms with Gasteiger partial charge in [-0.2, -0.15) is 0 Å². The van der Waals surface area contributed by atoms with Gasteiger partial charge in [-0.1, -0.05) is 31.0 Å². The van der Waals surface area contributed by atoms with Crippen LogP contribution in [-0.2, 0) is 14.4 Å². The first-order valence-electron chi connectivity index (χ1n) is 11.1. The Kier molecular flexibility index (Phi) is 6.50. The van der Waals surface area contributed by atoms with Crippen molar-refractivity contribution in [3.63, 3.8) is 0 Å². The lowest BCUT2D eigenvalue weighted by Crippen LogP contribution is -2.75. The quantitative estimate of drug-likeness (QED) is 0.565. The lowest BCUT2D eigenvalue weighted by Gasteiger charge is -2.49. The van der Waals surface area contributed by atoms with Gasteiger partial charge in [-0.15, -0.1) is 0 Å². The molecular formula is C22H30ClN5O3. The number of carbonyl (C=O) groups is 3. The van der Waals surface area contributed by atoms with Gasteiger partial charge in [0.15, 0.2) is 0 Å². The standard InChI is InChI=1S/C22H30ClN5O3/c1-3-13-6-4-5-9-28(13)22-26-19-18(21(31)27-22)14(11-17(29)25-19)20(30)24-16-8-7-12(2)10-15(16)23/h7-8,10,13-14,18-19,22,26H,3-6,9,11H2,1-2H3,(H,24,30)(H,25,29)(H,27,31). The van der Waals surface area contributed by atoms with Gasteiger partial charge in [0.05, 0.1) is 28.7 Å². The summed E-state index contributed by atoms with van der Waals surface area (Å²) in [4.78, 5) is 40.9. The molecule has 0 saturated carbocycles. The highest BCUT2D eigenvalue weighted by atomic mass is 35.5. The zero-order chi connectivity index (χ0) is 22.1. The Morgan fingerprint density at radius 3 is 2.81 bits per heavy atom. The zero-order valence-corrected chi connectivity index (χ0v) is 18.7. The molecular weight excluding hydrogens is 418 g/mol. The lowest BCUT2D eigenvalue weighted by molar-refractivity contribution is -0.148. The molecule has 0 bridgehead atoms. The van der Waals surface area contributed by atoms with Crippen molar-refractivity contribution in [3.05, 3.63) is 28.8 Å². The van der Waals surface area contributed by atoms with Crippen LogP contribution in [0.4, 0.5) is 5.69 Å². The summed E-state index contributed by atoms with van der Waals surface area (Å²) >= 11 is 6.25. The van der Waals surface area contributed by atoms with Crippen LogP contribution in [0.15, 0.2) is 18.2 Å². The SMILES string of the molecule is CCC1CCCCN1C1NC(=O)C2C(NC(=O)CC2C(=O)Nc2ccc(C)cc2Cl)N1. The molecule has 0 radical (unpaired) electrons. The number of benzene rings is 1. The largest absolute Gasteiger partial charge is 0.340 e. The molecule has 1 aromatic carbocycles. The number of nitrogens with one attached hydrogen (secondary N) is 4. The number of halogens is 1. The Morgan fingerprint density at radius 1 is 1.26 bits per heavy atom. The molecule has 4 rings (SSSR count). The average Bonchev–Trinajstić information content (AvgIpc) is 2.74. The minimum absolute atomic E-state index is 0.0441. The number of carbonyl (C=O) groups excluding carboxylic acids is 3. The molecule has 168 valence electrons. The number of amides is 3. The van der Waals surface area contributed by atoms with Crippen LogP contribution in [0.1, 0.15) is 44.6 Å². The maximum atomic E-state index is 13.1. The molecule has 3 amide bonds. The first-order valence-corrected chi connectivity index (χ1v) is 11.4. The molecule has 0 spiro atoms. The Labute approximate surface area is 187 Å². The fourth-order valence-corrected chi connectivity index (χ4v) is 5.27. The number of rotatable bonds is 4. The minimum atomic E-state index is -0.784. The molecule has 4 N–H and O–H groups in total. The molecule has 31 heavy (non-hydrogen) atoms. The van der Waals surface area contributed by atoms with Gasteiger partial charge in [0.2, 0.25) is 17.7 Å². The van der Waals surface area contributed by atoms with Crippen LogP contribution < -0.4 is 21.3 Å². The minimum Gasteiger partial charge on any atom is -0.340 e. The van der Waals surface area contributed by atoms with Crippen molar-refractivity contribution in [2.45, 2.75) is 64.4 Å². The Hall–Kier alpha value is -2.16. The van der Waals surface area contributed by atoms with Gasteiger partial charge >= 0.3 is 0 Å². The fraction of sp³-hybridized carbons (Fsp3) is 0.591. The summed E-state index contributed by atoms with van der Waals surface area (Å²) in [5, 5.41) is 12.5. The number of likely N-dealkylation sites (tertiary alicyclic amines) is 1. The van der Waals surface area contributed by atoms with Gasteiger partial charge in [0.1, 0.15) is 6.29 Å². The maximum absolute atomic E-state index is 13.1. The van der Waals surface area contributed by atoms with Crippen LogP contribution in [0.5, 0.6) is 0 Å². The third-order valence-corrected chi connectivity index (χ3v) is 6.94. The molecule has 0 aliphatic carbocycles. The number of hydrogen-bond donors (Lipinski definition) is 4. The topological polar surface area (TPSA) is 103 Å². The summed E-state index contributed by atoms with van der Waals surface area (Å²) < 4.78 is 0. The van der Waals surface area contributed by atoms with Gasteiger partial charge in [0.25, 0.3) is 0 Å². The molecule has 8 nitrogen and oxygen atoms in total. The van der Waals surface area contributed by atoms with E-state index in [4.69, 9.17) is 11.6 Å². The molecule has 3 aliphatic rings. The molecule has 1 aromatic rings. The lowest BCUT2D eigenvalue weighted by atomic mass is 9.81. The molecule has 3 aliphatic heterocycles. The van der Waals surface area contributed by atoms with Gasteiger partial charge in [0, 0.05) is 19.0 Å². The van der Waals surface area contributed by atoms with Crippen molar-refractivity contribution in [2.24, 2.45) is 11.8 Å². The average molecular weight is 448 g/mol. The van der Waals surface area contributed by atoms with E-state index in [2.05, 4.69) is 33.1 Å². The molecule has 9 heteroatoms. The van der Waals surface area contributed by atoms with Crippen LogP contribution >= 0.6 is 11.6 Å². The number of aryl methyl sites for hydroxylation is 1. The predicted octanol–water partition coefficient (Wildman–Crippen LogP) is 1.93. The molecule has 3 fully saturated rings. The highest BCUT2D eigenvalue weighted by molar-refractivity contribution is 6.33. The number of piperidine rings is 2. The number of hydrogen-bond acceptors (Lipinski definition) is 5. The van der Waals surface area contributed by atoms with E-state index in [1.165, 1.54) is 6.42 Å². The smallest absolute Gasteiger partial charge is 0.229 e. The highest BCUT2D eigenvalue weighted by Crippen LogP contribution is 2.31. The second-order valence-corrected chi connectivity index (χ2v) is 9.13. The number of fused-ring (bicyclic) bond motifs is 1. The van der Waals surface area contributed by atoms with Crippen LogP contribution in [0.2, 0.25) is 5.02 Å². The highest BCUT2D eigenvalue weighted by Gasteiger charge is 2.49. The summed E-state index contributed by atoms with van der Waals surface area (Å²) in [5.74, 6) is -2.32. The van der Waals surface area contributed by atoms with Crippen molar-refractivity contribution in [1.82, 2.24) is 20.9 Å². The van der Waals surface area contributed by atoms with Gasteiger partial charge in [-0.25, -0.2) is 0 Å². The van der Waals surface area contributed by atoms with E-state index >= 15 is 0 Å². The van der Waals surface area contributed by atoms with E-state index in [1.807, 2.05) is 13.0 Å². The number of anilines is 1. The fourth-order valence-electron chi connectivity index (χ4n) is 4.99. The van der Waals surface area contributed by atoms with Crippen molar-refractivity contribution in [2.75, 3.05) is 11.9 Å². The second kappa shape index (κ2) is 9.14. The van der Waals surface area contributed by atoms with Crippen LogP contribution in [0.3, 0.4) is 0 Å². The maximum Gasteiger partial charge on any atom is 0.229 e. The first-order chi connectivity index (χ1) is 14.9. The number of nitrogens with zero attached hydrogens (tertiary/aromatic N) is 1. The van der Waals surface area contributed by atoms with Crippen LogP contribution in [-0.4, -0.2) is 47.7 Å². The van der Waals surface area contributed by atoms with Gasteiger partial charge in [-0.05, 0) is 43.9 Å². The van der Waals surface area contributed by atoms with Crippen molar-refractivity contribution in [1.29, 1.82) is 0 Å². The first kappa shape index (κ1) is 22.0. The molecule has 3 saturated heterocycles. The summed E-state index contributed by atoms with van der Waals surface area (Å²) in [6.45, 7) is 4.94. The van der Waals surface area contributed by atoms with Gasteiger partial charge in [-0.3, -0.25) is 24.6 Å². The van der Waals surface area contributed by atoms with Crippen molar-refractivity contribution < 1.29 is 14.4 Å². The predicted molar refractivity (Wildman–Crippen MR) is 118 cm³/mol.